The summed E-state index contributed by atoms with van der Waals surface area (Å²) < 4.78 is 10.6. The summed E-state index contributed by atoms with van der Waals surface area (Å²) in [4.78, 5) is 28.3. The number of rotatable bonds is 6. The predicted molar refractivity (Wildman–Crippen MR) is 132 cm³/mol. The molecule has 0 aliphatic heterocycles. The number of halogens is 1. The zero-order valence-corrected chi connectivity index (χ0v) is 19.4. The number of hydrogen-bond acceptors (Lipinski definition) is 5. The molecule has 172 valence electrons. The highest BCUT2D eigenvalue weighted by Gasteiger charge is 2.13. The largest absolute Gasteiger partial charge is 0.457 e. The lowest BCUT2D eigenvalue weighted by molar-refractivity contribution is 0.0470. The highest BCUT2D eigenvalue weighted by atomic mass is 35.5. The highest BCUT2D eigenvalue weighted by molar-refractivity contribution is 6.31. The van der Waals surface area contributed by atoms with Gasteiger partial charge >= 0.3 is 11.9 Å². The second kappa shape index (κ2) is 12.9. The van der Waals surface area contributed by atoms with Gasteiger partial charge in [-0.2, -0.15) is 0 Å². The van der Waals surface area contributed by atoms with Crippen molar-refractivity contribution in [3.63, 3.8) is 0 Å². The fraction of sp³-hybridized carbons (Fsp3) is 0.107. The SMILES string of the molecule is Cc1cnccc1Cl.O=C(OCc1ccccc1)c1cccc(C(=O)OCc2ccccc2)c1. The first-order valence-corrected chi connectivity index (χ1v) is 11.0. The number of aryl methyl sites for hydroxylation is 1. The molecule has 34 heavy (non-hydrogen) atoms. The van der Waals surface area contributed by atoms with E-state index in [-0.39, 0.29) is 13.2 Å². The molecule has 1 aromatic heterocycles. The normalized spacial score (nSPS) is 9.94. The summed E-state index contributed by atoms with van der Waals surface area (Å²) in [7, 11) is 0. The van der Waals surface area contributed by atoms with E-state index in [1.54, 1.807) is 36.7 Å². The molecule has 0 N–H and O–H groups in total. The first kappa shape index (κ1) is 24.7. The second-order valence-electron chi connectivity index (χ2n) is 7.33. The summed E-state index contributed by atoms with van der Waals surface area (Å²) in [5, 5.41) is 0.778. The molecule has 3 aromatic carbocycles. The maximum absolute atomic E-state index is 12.2. The lowest BCUT2D eigenvalue weighted by Gasteiger charge is -2.07. The van der Waals surface area contributed by atoms with Crippen LogP contribution in [0.2, 0.25) is 5.02 Å². The molecule has 0 fully saturated rings. The van der Waals surface area contributed by atoms with Gasteiger partial charge in [-0.25, -0.2) is 9.59 Å². The molecule has 0 amide bonds. The number of benzene rings is 3. The highest BCUT2D eigenvalue weighted by Crippen LogP contribution is 2.12. The standard InChI is InChI=1S/C22H18O4.C6H6ClN/c23-21(25-15-17-8-3-1-4-9-17)19-12-7-13-20(14-19)22(24)26-16-18-10-5-2-6-11-18;1-5-4-8-3-2-6(5)7/h1-14H,15-16H2;2-4H,1H3. The Morgan fingerprint density at radius 1 is 0.735 bits per heavy atom. The van der Waals surface area contributed by atoms with Gasteiger partial charge in [0.15, 0.2) is 0 Å². The Hall–Kier alpha value is -3.96. The Balaban J connectivity index is 0.000000343. The molecule has 0 spiro atoms. The zero-order valence-electron chi connectivity index (χ0n) is 18.7. The minimum absolute atomic E-state index is 0.183. The van der Waals surface area contributed by atoms with Crippen molar-refractivity contribution in [3.8, 4) is 0 Å². The minimum atomic E-state index is -0.480. The van der Waals surface area contributed by atoms with Gasteiger partial charge < -0.3 is 9.47 Å². The van der Waals surface area contributed by atoms with Gasteiger partial charge in [-0.1, -0.05) is 78.3 Å². The Kier molecular flexibility index (Phi) is 9.38. The third-order valence-electron chi connectivity index (χ3n) is 4.71. The first-order chi connectivity index (χ1) is 16.5. The van der Waals surface area contributed by atoms with Gasteiger partial charge in [-0.05, 0) is 47.9 Å². The van der Waals surface area contributed by atoms with Gasteiger partial charge in [0.25, 0.3) is 0 Å². The Morgan fingerprint density at radius 2 is 1.24 bits per heavy atom. The van der Waals surface area contributed by atoms with Crippen LogP contribution >= 0.6 is 11.6 Å². The van der Waals surface area contributed by atoms with E-state index in [1.165, 1.54) is 6.07 Å². The summed E-state index contributed by atoms with van der Waals surface area (Å²) in [5.41, 5.74) is 3.46. The number of carbonyl (C=O) groups excluding carboxylic acids is 2. The summed E-state index contributed by atoms with van der Waals surface area (Å²) in [6, 6.07) is 27.0. The van der Waals surface area contributed by atoms with Crippen LogP contribution in [-0.4, -0.2) is 16.9 Å². The summed E-state index contributed by atoms with van der Waals surface area (Å²) in [6.45, 7) is 2.29. The Labute approximate surface area is 204 Å². The molecular weight excluding hydrogens is 450 g/mol. The molecule has 0 aliphatic rings. The van der Waals surface area contributed by atoms with Crippen LogP contribution in [0.5, 0.6) is 0 Å². The second-order valence-corrected chi connectivity index (χ2v) is 7.74. The molecule has 0 aliphatic carbocycles. The molecule has 5 nitrogen and oxygen atoms in total. The smallest absolute Gasteiger partial charge is 0.338 e. The first-order valence-electron chi connectivity index (χ1n) is 10.6. The van der Waals surface area contributed by atoms with E-state index in [9.17, 15) is 9.59 Å². The van der Waals surface area contributed by atoms with Crippen LogP contribution in [0.3, 0.4) is 0 Å². The molecule has 0 radical (unpaired) electrons. The molecular formula is C28H24ClNO4. The van der Waals surface area contributed by atoms with E-state index in [4.69, 9.17) is 21.1 Å². The predicted octanol–water partition coefficient (Wildman–Crippen LogP) is 6.44. The Morgan fingerprint density at radius 3 is 1.65 bits per heavy atom. The number of ether oxygens (including phenoxy) is 2. The Bertz CT molecular complexity index is 1120. The van der Waals surface area contributed by atoms with Gasteiger partial charge in [0.2, 0.25) is 0 Å². The van der Waals surface area contributed by atoms with Crippen LogP contribution in [0.25, 0.3) is 0 Å². The van der Waals surface area contributed by atoms with Crippen molar-refractivity contribution in [2.45, 2.75) is 20.1 Å². The molecule has 6 heteroatoms. The van der Waals surface area contributed by atoms with Crippen molar-refractivity contribution < 1.29 is 19.1 Å². The third-order valence-corrected chi connectivity index (χ3v) is 5.14. The fourth-order valence-electron chi connectivity index (χ4n) is 2.84. The van der Waals surface area contributed by atoms with Crippen molar-refractivity contribution >= 4 is 23.5 Å². The average molecular weight is 474 g/mol. The quantitative estimate of drug-likeness (QED) is 0.301. The van der Waals surface area contributed by atoms with Gasteiger partial charge in [0.1, 0.15) is 13.2 Å². The van der Waals surface area contributed by atoms with Crippen molar-refractivity contribution in [2.75, 3.05) is 0 Å². The van der Waals surface area contributed by atoms with E-state index in [0.717, 1.165) is 21.7 Å². The number of hydrogen-bond donors (Lipinski definition) is 0. The van der Waals surface area contributed by atoms with Gasteiger partial charge in [0, 0.05) is 17.4 Å². The zero-order chi connectivity index (χ0) is 24.2. The maximum atomic E-state index is 12.2. The molecule has 0 bridgehead atoms. The third kappa shape index (κ3) is 7.87. The summed E-state index contributed by atoms with van der Waals surface area (Å²) >= 11 is 5.67. The van der Waals surface area contributed by atoms with E-state index in [1.807, 2.05) is 67.6 Å². The number of pyridine rings is 1. The van der Waals surface area contributed by atoms with Crippen molar-refractivity contribution in [1.29, 1.82) is 0 Å². The molecule has 1 heterocycles. The monoisotopic (exact) mass is 473 g/mol. The van der Waals surface area contributed by atoms with Gasteiger partial charge in [-0.3, -0.25) is 4.98 Å². The van der Waals surface area contributed by atoms with E-state index >= 15 is 0 Å². The minimum Gasteiger partial charge on any atom is -0.457 e. The number of aromatic nitrogens is 1. The van der Waals surface area contributed by atoms with Crippen LogP contribution in [0.4, 0.5) is 0 Å². The van der Waals surface area contributed by atoms with E-state index in [0.29, 0.717) is 11.1 Å². The topological polar surface area (TPSA) is 65.5 Å². The molecule has 0 unspecified atom stereocenters. The fourth-order valence-corrected chi connectivity index (χ4v) is 2.95. The lowest BCUT2D eigenvalue weighted by atomic mass is 10.1. The number of nitrogens with zero attached hydrogens (tertiary/aromatic N) is 1. The molecule has 0 saturated heterocycles. The van der Waals surface area contributed by atoms with Gasteiger partial charge in [-0.15, -0.1) is 0 Å². The maximum Gasteiger partial charge on any atom is 0.338 e. The molecule has 4 aromatic rings. The average Bonchev–Trinajstić information content (AvgIpc) is 2.89. The van der Waals surface area contributed by atoms with Gasteiger partial charge in [0.05, 0.1) is 11.1 Å². The van der Waals surface area contributed by atoms with Crippen LogP contribution in [-0.2, 0) is 22.7 Å². The van der Waals surface area contributed by atoms with Crippen LogP contribution in [0.1, 0.15) is 37.4 Å². The van der Waals surface area contributed by atoms with E-state index in [2.05, 4.69) is 4.98 Å². The summed E-state index contributed by atoms with van der Waals surface area (Å²) in [6.07, 6.45) is 3.41. The van der Waals surface area contributed by atoms with Crippen LogP contribution < -0.4 is 0 Å². The lowest BCUT2D eigenvalue weighted by Crippen LogP contribution is -2.09. The van der Waals surface area contributed by atoms with Crippen LogP contribution in [0.15, 0.2) is 103 Å². The molecule has 0 atom stereocenters. The van der Waals surface area contributed by atoms with Crippen molar-refractivity contribution in [1.82, 2.24) is 4.98 Å². The molecule has 0 saturated carbocycles. The molecule has 4 rings (SSSR count). The number of carbonyl (C=O) groups is 2. The van der Waals surface area contributed by atoms with Crippen molar-refractivity contribution in [2.24, 2.45) is 0 Å². The van der Waals surface area contributed by atoms with E-state index < -0.39 is 11.9 Å². The summed E-state index contributed by atoms with van der Waals surface area (Å²) in [5.74, 6) is -0.960. The van der Waals surface area contributed by atoms with Crippen molar-refractivity contribution in [3.05, 3.63) is 136 Å². The number of esters is 2. The van der Waals surface area contributed by atoms with Crippen LogP contribution in [0, 0.1) is 6.92 Å².